The Morgan fingerprint density at radius 1 is 1.19 bits per heavy atom. The second kappa shape index (κ2) is 8.78. The van der Waals surface area contributed by atoms with Crippen LogP contribution in [-0.4, -0.2) is 51.6 Å². The average Bonchev–Trinajstić information content (AvgIpc) is 3.49. The fourth-order valence-corrected chi connectivity index (χ4v) is 5.37. The van der Waals surface area contributed by atoms with Gasteiger partial charge in [-0.1, -0.05) is 18.3 Å². The molecule has 2 aliphatic rings. The van der Waals surface area contributed by atoms with Crippen LogP contribution in [0.4, 0.5) is 19.6 Å². The van der Waals surface area contributed by atoms with Gasteiger partial charge in [-0.25, -0.2) is 13.3 Å². The topological polar surface area (TPSA) is 76.7 Å². The van der Waals surface area contributed by atoms with Crippen LogP contribution in [0, 0.1) is 5.92 Å². The molecule has 1 saturated carbocycles. The molecule has 1 saturated heterocycles. The molecule has 4 heterocycles. The first-order chi connectivity index (χ1) is 15.5. The number of carbonyl (C=O) groups is 1. The van der Waals surface area contributed by atoms with Crippen molar-refractivity contribution >= 4 is 32.9 Å². The number of alkyl halides is 2. The Balaban J connectivity index is 1.37. The molecular formula is C21H26F2N6O2S. The van der Waals surface area contributed by atoms with Crippen LogP contribution >= 0.6 is 11.3 Å². The molecule has 1 aliphatic carbocycles. The third-order valence-electron chi connectivity index (χ3n) is 6.29. The highest BCUT2D eigenvalue weighted by Crippen LogP contribution is 2.35. The van der Waals surface area contributed by atoms with Crippen LogP contribution in [0.2, 0.25) is 0 Å². The smallest absolute Gasteiger partial charge is 0.284 e. The largest absolute Gasteiger partial charge is 0.378 e. The summed E-state index contributed by atoms with van der Waals surface area (Å²) in [5, 5.41) is 12.2. The van der Waals surface area contributed by atoms with Gasteiger partial charge in [0, 0.05) is 19.3 Å². The molecule has 5 rings (SSSR count). The molecule has 3 aromatic rings. The van der Waals surface area contributed by atoms with E-state index in [0.29, 0.717) is 24.8 Å². The third-order valence-corrected chi connectivity index (χ3v) is 7.33. The van der Waals surface area contributed by atoms with E-state index in [1.165, 1.54) is 11.3 Å². The summed E-state index contributed by atoms with van der Waals surface area (Å²) in [6.45, 7) is 4.98. The average molecular weight is 465 g/mol. The maximum Gasteiger partial charge on any atom is 0.284 e. The fourth-order valence-electron chi connectivity index (χ4n) is 4.39. The fraction of sp³-hybridized carbons (Fsp3) is 0.571. The van der Waals surface area contributed by atoms with Crippen molar-refractivity contribution < 1.29 is 18.3 Å². The Labute approximate surface area is 188 Å². The van der Waals surface area contributed by atoms with E-state index in [2.05, 4.69) is 27.3 Å². The van der Waals surface area contributed by atoms with Crippen molar-refractivity contribution in [3.8, 4) is 0 Å². The van der Waals surface area contributed by atoms with Gasteiger partial charge in [-0.15, -0.1) is 5.10 Å². The normalized spacial score (nSPS) is 22.1. The number of rotatable bonds is 5. The molecule has 172 valence electrons. The molecule has 0 atom stereocenters. The molecule has 1 amide bonds. The predicted octanol–water partition coefficient (Wildman–Crippen LogP) is 4.37. The van der Waals surface area contributed by atoms with Gasteiger partial charge in [-0.05, 0) is 43.7 Å². The number of hydrogen-bond acceptors (Lipinski definition) is 6. The number of carbonyl (C=O) groups excluding carboxylic acids is 1. The quantitative estimate of drug-likeness (QED) is 0.607. The molecule has 11 heteroatoms. The molecule has 8 nitrogen and oxygen atoms in total. The number of nitrogens with zero attached hydrogens (tertiary/aromatic N) is 5. The Kier molecular flexibility index (Phi) is 5.85. The molecule has 0 bridgehead atoms. The number of anilines is 2. The lowest BCUT2D eigenvalue weighted by Gasteiger charge is -2.26. The Morgan fingerprint density at radius 3 is 2.66 bits per heavy atom. The van der Waals surface area contributed by atoms with Crippen LogP contribution in [-0.2, 0) is 4.74 Å². The maximum atomic E-state index is 13.7. The minimum Gasteiger partial charge on any atom is -0.378 e. The summed E-state index contributed by atoms with van der Waals surface area (Å²) in [6.07, 6.45) is 2.68. The lowest BCUT2D eigenvalue weighted by atomic mass is 9.87. The number of morpholine rings is 1. The summed E-state index contributed by atoms with van der Waals surface area (Å²) in [6, 6.07) is 3.56. The summed E-state index contributed by atoms with van der Waals surface area (Å²) < 4.78 is 35.9. The molecule has 32 heavy (non-hydrogen) atoms. The van der Waals surface area contributed by atoms with Crippen molar-refractivity contribution in [1.29, 1.82) is 0 Å². The molecule has 1 N–H and O–H groups in total. The van der Waals surface area contributed by atoms with Crippen molar-refractivity contribution in [3.05, 3.63) is 29.7 Å². The van der Waals surface area contributed by atoms with E-state index in [4.69, 9.17) is 4.74 Å². The third kappa shape index (κ3) is 4.11. The first kappa shape index (κ1) is 21.3. The van der Waals surface area contributed by atoms with Gasteiger partial charge in [0.05, 0.1) is 24.9 Å². The number of fused-ring (bicyclic) bond motifs is 1. The Morgan fingerprint density at radius 2 is 1.94 bits per heavy atom. The summed E-state index contributed by atoms with van der Waals surface area (Å²) in [4.78, 5) is 15.9. The molecular weight excluding hydrogens is 438 g/mol. The number of amides is 1. The van der Waals surface area contributed by atoms with Gasteiger partial charge in [0.1, 0.15) is 10.5 Å². The maximum absolute atomic E-state index is 13.7. The van der Waals surface area contributed by atoms with Crippen molar-refractivity contribution in [3.63, 3.8) is 0 Å². The number of hydrogen-bond donors (Lipinski definition) is 1. The van der Waals surface area contributed by atoms with Gasteiger partial charge in [0.25, 0.3) is 12.3 Å². The van der Waals surface area contributed by atoms with Crippen molar-refractivity contribution in [2.24, 2.45) is 5.92 Å². The van der Waals surface area contributed by atoms with Crippen molar-refractivity contribution in [1.82, 2.24) is 19.4 Å². The molecule has 3 aromatic heterocycles. The van der Waals surface area contributed by atoms with E-state index >= 15 is 0 Å². The second-order valence-electron chi connectivity index (χ2n) is 8.53. The van der Waals surface area contributed by atoms with Crippen LogP contribution in [0.3, 0.4) is 0 Å². The lowest BCUT2D eigenvalue weighted by Crippen LogP contribution is -2.36. The highest BCUT2D eigenvalue weighted by Gasteiger charge is 2.27. The molecule has 0 aromatic carbocycles. The van der Waals surface area contributed by atoms with Crippen molar-refractivity contribution in [2.75, 3.05) is 36.5 Å². The van der Waals surface area contributed by atoms with E-state index in [1.807, 2.05) is 6.07 Å². The van der Waals surface area contributed by atoms with Crippen LogP contribution < -0.4 is 10.2 Å². The first-order valence-electron chi connectivity index (χ1n) is 11.0. The van der Waals surface area contributed by atoms with E-state index in [9.17, 15) is 13.6 Å². The van der Waals surface area contributed by atoms with Gasteiger partial charge in [0.15, 0.2) is 5.69 Å². The summed E-state index contributed by atoms with van der Waals surface area (Å²) >= 11 is 1.49. The molecule has 0 unspecified atom stereocenters. The zero-order chi connectivity index (χ0) is 22.2. The van der Waals surface area contributed by atoms with Gasteiger partial charge >= 0.3 is 0 Å². The molecule has 2 fully saturated rings. The monoisotopic (exact) mass is 464 g/mol. The highest BCUT2D eigenvalue weighted by molar-refractivity contribution is 7.20. The summed E-state index contributed by atoms with van der Waals surface area (Å²) in [5.41, 5.74) is -0.0329. The zero-order valence-corrected chi connectivity index (χ0v) is 18.7. The van der Waals surface area contributed by atoms with Gasteiger partial charge in [-0.3, -0.25) is 9.48 Å². The van der Waals surface area contributed by atoms with E-state index < -0.39 is 18.0 Å². The number of aromatic nitrogens is 4. The van der Waals surface area contributed by atoms with Gasteiger partial charge in [-0.2, -0.15) is 5.10 Å². The zero-order valence-electron chi connectivity index (χ0n) is 17.8. The van der Waals surface area contributed by atoms with Crippen molar-refractivity contribution in [2.45, 2.75) is 45.1 Å². The Bertz CT molecular complexity index is 1100. The highest BCUT2D eigenvalue weighted by atomic mass is 32.1. The SMILES string of the molecule is C[C@H]1CC[C@H](n2cc(NC(=O)c3ccc4sc(N5CCOCC5)nn34)c(C(F)F)n2)CC1. The van der Waals surface area contributed by atoms with Gasteiger partial charge < -0.3 is 15.0 Å². The Hall–Kier alpha value is -2.53. The summed E-state index contributed by atoms with van der Waals surface area (Å²) in [5.74, 6) is 0.162. The standard InChI is InChI=1S/C21H26F2N6O2S/c1-13-2-4-14(5-3-13)28-12-15(18(25-28)19(22)23)24-20(30)16-6-7-17-29(16)26-21(32-17)27-8-10-31-11-9-27/h6-7,12-14,19H,2-5,8-11H2,1H3,(H,24,30)/t13-,14-. The first-order valence-corrected chi connectivity index (χ1v) is 11.8. The molecule has 0 radical (unpaired) electrons. The predicted molar refractivity (Wildman–Crippen MR) is 118 cm³/mol. The lowest BCUT2D eigenvalue weighted by molar-refractivity contribution is 0.101. The van der Waals surface area contributed by atoms with E-state index in [-0.39, 0.29) is 11.7 Å². The molecule has 0 spiro atoms. The number of nitrogens with one attached hydrogen (secondary N) is 1. The number of halogens is 2. The van der Waals surface area contributed by atoms with Crippen LogP contribution in [0.25, 0.3) is 4.83 Å². The number of ether oxygens (including phenoxy) is 1. The summed E-state index contributed by atoms with van der Waals surface area (Å²) in [7, 11) is 0. The van der Waals surface area contributed by atoms with E-state index in [1.54, 1.807) is 21.5 Å². The van der Waals surface area contributed by atoms with Crippen LogP contribution in [0.5, 0.6) is 0 Å². The van der Waals surface area contributed by atoms with Crippen LogP contribution in [0.15, 0.2) is 18.3 Å². The van der Waals surface area contributed by atoms with Crippen LogP contribution in [0.1, 0.15) is 61.3 Å². The minimum atomic E-state index is -2.77. The molecule has 1 aliphatic heterocycles. The second-order valence-corrected chi connectivity index (χ2v) is 9.52. The van der Waals surface area contributed by atoms with Gasteiger partial charge in [0.2, 0.25) is 5.13 Å². The van der Waals surface area contributed by atoms with E-state index in [0.717, 1.165) is 48.7 Å². The minimum absolute atomic E-state index is 0.0576.